The van der Waals surface area contributed by atoms with Crippen molar-refractivity contribution >= 4 is 40.0 Å². The second-order valence-corrected chi connectivity index (χ2v) is 4.40. The predicted molar refractivity (Wildman–Crippen MR) is 63.4 cm³/mol. The van der Waals surface area contributed by atoms with E-state index < -0.39 is 0 Å². The van der Waals surface area contributed by atoms with Crippen LogP contribution in [-0.2, 0) is 0 Å². The molecule has 0 amide bonds. The summed E-state index contributed by atoms with van der Waals surface area (Å²) < 4.78 is 0.973. The van der Waals surface area contributed by atoms with Crippen LogP contribution < -0.4 is 0 Å². The third kappa shape index (κ3) is 2.95. The van der Waals surface area contributed by atoms with E-state index in [1.807, 2.05) is 13.0 Å². The highest BCUT2D eigenvalue weighted by atomic mass is 127. The van der Waals surface area contributed by atoms with Crippen LogP contribution in [0.1, 0.15) is 30.1 Å². The summed E-state index contributed by atoms with van der Waals surface area (Å²) in [5.41, 5.74) is 0.745. The van der Waals surface area contributed by atoms with Crippen LogP contribution in [-0.4, -0.2) is 5.78 Å². The van der Waals surface area contributed by atoms with Crippen molar-refractivity contribution < 1.29 is 4.79 Å². The lowest BCUT2D eigenvalue weighted by Gasteiger charge is -2.02. The largest absolute Gasteiger partial charge is 0.294 e. The Morgan fingerprint density at radius 3 is 2.85 bits per heavy atom. The van der Waals surface area contributed by atoms with E-state index in [0.717, 1.165) is 15.6 Å². The highest BCUT2D eigenvalue weighted by Crippen LogP contribution is 2.19. The lowest BCUT2D eigenvalue weighted by molar-refractivity contribution is 0.0981. The van der Waals surface area contributed by atoms with Crippen molar-refractivity contribution in [1.29, 1.82) is 0 Å². The first-order chi connectivity index (χ1) is 6.15. The highest BCUT2D eigenvalue weighted by molar-refractivity contribution is 14.1. The molecule has 0 spiro atoms. The molecule has 0 N–H and O–H groups in total. The van der Waals surface area contributed by atoms with Gasteiger partial charge in [-0.3, -0.25) is 4.79 Å². The maximum absolute atomic E-state index is 11.6. The Morgan fingerprint density at radius 1 is 1.54 bits per heavy atom. The van der Waals surface area contributed by atoms with E-state index >= 15 is 0 Å². The molecule has 0 fully saturated rings. The van der Waals surface area contributed by atoms with Gasteiger partial charge in [0.25, 0.3) is 0 Å². The van der Waals surface area contributed by atoms with Gasteiger partial charge in [0.1, 0.15) is 0 Å². The molecule has 0 aliphatic heterocycles. The molecule has 0 heterocycles. The van der Waals surface area contributed by atoms with Gasteiger partial charge in [-0.25, -0.2) is 0 Å². The van der Waals surface area contributed by atoms with E-state index in [9.17, 15) is 4.79 Å². The molecule has 0 aliphatic carbocycles. The molecule has 0 atom stereocenters. The number of hydrogen-bond acceptors (Lipinski definition) is 1. The first-order valence-electron chi connectivity index (χ1n) is 4.13. The van der Waals surface area contributed by atoms with Crippen LogP contribution in [0, 0.1) is 3.57 Å². The van der Waals surface area contributed by atoms with Gasteiger partial charge in [0, 0.05) is 20.6 Å². The summed E-state index contributed by atoms with van der Waals surface area (Å²) in [6.45, 7) is 2.00. The summed E-state index contributed by atoms with van der Waals surface area (Å²) >= 11 is 7.96. The summed E-state index contributed by atoms with van der Waals surface area (Å²) in [7, 11) is 0. The average molecular weight is 309 g/mol. The smallest absolute Gasteiger partial charge is 0.163 e. The van der Waals surface area contributed by atoms with Gasteiger partial charge in [0.2, 0.25) is 0 Å². The monoisotopic (exact) mass is 308 g/mol. The second kappa shape index (κ2) is 4.96. The van der Waals surface area contributed by atoms with Gasteiger partial charge < -0.3 is 0 Å². The van der Waals surface area contributed by atoms with Gasteiger partial charge in [-0.05, 0) is 47.2 Å². The Balaban J connectivity index is 2.99. The van der Waals surface area contributed by atoms with Gasteiger partial charge in [0.15, 0.2) is 5.78 Å². The highest BCUT2D eigenvalue weighted by Gasteiger charge is 2.08. The SMILES string of the molecule is CCCC(=O)c1cc(Cl)ccc1I. The van der Waals surface area contributed by atoms with Gasteiger partial charge in [-0.2, -0.15) is 0 Å². The molecule has 3 heteroatoms. The number of Topliss-reactive ketones (excluding diaryl/α,β-unsaturated/α-hetero) is 1. The number of carbonyl (C=O) groups excluding carboxylic acids is 1. The minimum atomic E-state index is 0.175. The standard InChI is InChI=1S/C10H10ClIO/c1-2-3-10(13)8-6-7(11)4-5-9(8)12/h4-6H,2-3H2,1H3. The molecule has 0 radical (unpaired) electrons. The fraction of sp³-hybridized carbons (Fsp3) is 0.300. The fourth-order valence-electron chi connectivity index (χ4n) is 1.07. The molecule has 1 nitrogen and oxygen atoms in total. The number of rotatable bonds is 3. The third-order valence-corrected chi connectivity index (χ3v) is 2.88. The van der Waals surface area contributed by atoms with Crippen molar-refractivity contribution in [3.05, 3.63) is 32.4 Å². The number of carbonyl (C=O) groups is 1. The van der Waals surface area contributed by atoms with Crippen LogP contribution in [0.3, 0.4) is 0 Å². The molecule has 0 aromatic heterocycles. The van der Waals surface area contributed by atoms with E-state index in [1.54, 1.807) is 12.1 Å². The molecule has 0 saturated carbocycles. The first kappa shape index (κ1) is 11.0. The topological polar surface area (TPSA) is 17.1 Å². The fourth-order valence-corrected chi connectivity index (χ4v) is 1.88. The molecule has 70 valence electrons. The zero-order valence-corrected chi connectivity index (χ0v) is 10.2. The Labute approximate surface area is 96.6 Å². The quantitative estimate of drug-likeness (QED) is 0.611. The summed E-state index contributed by atoms with van der Waals surface area (Å²) in [4.78, 5) is 11.6. The van der Waals surface area contributed by atoms with Crippen molar-refractivity contribution in [3.63, 3.8) is 0 Å². The van der Waals surface area contributed by atoms with E-state index in [0.29, 0.717) is 11.4 Å². The van der Waals surface area contributed by atoms with Crippen LogP contribution in [0.5, 0.6) is 0 Å². The Bertz CT molecular complexity index is 323. The van der Waals surface area contributed by atoms with E-state index in [4.69, 9.17) is 11.6 Å². The number of halogens is 2. The summed E-state index contributed by atoms with van der Waals surface area (Å²) in [5, 5.41) is 0.625. The molecule has 0 aliphatic rings. The van der Waals surface area contributed by atoms with E-state index in [-0.39, 0.29) is 5.78 Å². The van der Waals surface area contributed by atoms with E-state index in [2.05, 4.69) is 22.6 Å². The number of hydrogen-bond donors (Lipinski definition) is 0. The molecule has 1 aromatic rings. The van der Waals surface area contributed by atoms with Gasteiger partial charge >= 0.3 is 0 Å². The number of ketones is 1. The maximum atomic E-state index is 11.6. The zero-order valence-electron chi connectivity index (χ0n) is 7.31. The molecule has 0 unspecified atom stereocenters. The lowest BCUT2D eigenvalue weighted by Crippen LogP contribution is -2.00. The lowest BCUT2D eigenvalue weighted by atomic mass is 10.1. The maximum Gasteiger partial charge on any atom is 0.163 e. The Hall–Kier alpha value is -0.0900. The van der Waals surface area contributed by atoms with Crippen LogP contribution in [0.15, 0.2) is 18.2 Å². The van der Waals surface area contributed by atoms with Gasteiger partial charge in [-0.15, -0.1) is 0 Å². The van der Waals surface area contributed by atoms with Crippen molar-refractivity contribution in [2.75, 3.05) is 0 Å². The molecular weight excluding hydrogens is 298 g/mol. The first-order valence-corrected chi connectivity index (χ1v) is 5.59. The molecule has 0 saturated heterocycles. The Morgan fingerprint density at radius 2 is 2.23 bits per heavy atom. The minimum Gasteiger partial charge on any atom is -0.294 e. The molecule has 1 rings (SSSR count). The van der Waals surface area contributed by atoms with E-state index in [1.165, 1.54) is 0 Å². The van der Waals surface area contributed by atoms with Crippen LogP contribution in [0.2, 0.25) is 5.02 Å². The normalized spacial score (nSPS) is 10.1. The summed E-state index contributed by atoms with van der Waals surface area (Å²) in [6.07, 6.45) is 1.47. The Kier molecular flexibility index (Phi) is 4.19. The van der Waals surface area contributed by atoms with Crippen LogP contribution >= 0.6 is 34.2 Å². The zero-order chi connectivity index (χ0) is 9.84. The van der Waals surface area contributed by atoms with Crippen LogP contribution in [0.4, 0.5) is 0 Å². The second-order valence-electron chi connectivity index (χ2n) is 2.80. The molecular formula is C10H10ClIO. The van der Waals surface area contributed by atoms with Gasteiger partial charge in [0.05, 0.1) is 0 Å². The van der Waals surface area contributed by atoms with Crippen molar-refractivity contribution in [1.82, 2.24) is 0 Å². The molecule has 13 heavy (non-hydrogen) atoms. The third-order valence-electron chi connectivity index (χ3n) is 1.71. The number of benzene rings is 1. The average Bonchev–Trinajstić information content (AvgIpc) is 2.09. The van der Waals surface area contributed by atoms with Crippen LogP contribution in [0.25, 0.3) is 0 Å². The minimum absolute atomic E-state index is 0.175. The van der Waals surface area contributed by atoms with Crippen molar-refractivity contribution in [3.8, 4) is 0 Å². The summed E-state index contributed by atoms with van der Waals surface area (Å²) in [6, 6.07) is 5.40. The summed E-state index contributed by atoms with van der Waals surface area (Å²) in [5.74, 6) is 0.175. The van der Waals surface area contributed by atoms with Gasteiger partial charge in [-0.1, -0.05) is 18.5 Å². The predicted octanol–water partition coefficient (Wildman–Crippen LogP) is 3.93. The van der Waals surface area contributed by atoms with Crippen molar-refractivity contribution in [2.45, 2.75) is 19.8 Å². The molecule has 0 bridgehead atoms. The molecule has 1 aromatic carbocycles. The van der Waals surface area contributed by atoms with Crippen molar-refractivity contribution in [2.24, 2.45) is 0 Å².